The third-order valence-corrected chi connectivity index (χ3v) is 5.38. The van der Waals surface area contributed by atoms with Crippen molar-refractivity contribution in [3.8, 4) is 0 Å². The van der Waals surface area contributed by atoms with E-state index in [0.29, 0.717) is 18.7 Å². The number of nitro groups is 1. The molecule has 23 heavy (non-hydrogen) atoms. The lowest BCUT2D eigenvalue weighted by atomic mass is 9.81. The molecule has 0 spiro atoms. The van der Waals surface area contributed by atoms with E-state index in [2.05, 4.69) is 4.90 Å². The van der Waals surface area contributed by atoms with Gasteiger partial charge in [0.25, 0.3) is 5.69 Å². The molecule has 0 unspecified atom stereocenters. The molecule has 1 aliphatic heterocycles. The van der Waals surface area contributed by atoms with Crippen molar-refractivity contribution in [3.63, 3.8) is 0 Å². The average Bonchev–Trinajstić information content (AvgIpc) is 2.98. The SMILES string of the molecule is Cc1c(CN2C[C@@H]3CCC[C@@]3(C(=O)O)C2)cccc1[N+](=O)[O-].Cl. The number of nitro benzene ring substituents is 1. The summed E-state index contributed by atoms with van der Waals surface area (Å²) < 4.78 is 0. The second-order valence-electron chi connectivity index (χ2n) is 6.54. The summed E-state index contributed by atoms with van der Waals surface area (Å²) >= 11 is 0. The summed E-state index contributed by atoms with van der Waals surface area (Å²) in [6.45, 7) is 3.67. The molecular weight excluding hydrogens is 320 g/mol. The molecule has 1 aromatic rings. The van der Waals surface area contributed by atoms with E-state index in [1.54, 1.807) is 13.0 Å². The molecule has 2 atom stereocenters. The van der Waals surface area contributed by atoms with Crippen LogP contribution < -0.4 is 0 Å². The molecule has 0 aromatic heterocycles. The Hall–Kier alpha value is -1.66. The highest BCUT2D eigenvalue weighted by Gasteiger charge is 2.54. The Morgan fingerprint density at radius 2 is 2.26 bits per heavy atom. The van der Waals surface area contributed by atoms with Crippen LogP contribution >= 0.6 is 12.4 Å². The first-order chi connectivity index (χ1) is 10.4. The van der Waals surface area contributed by atoms with Gasteiger partial charge in [0.1, 0.15) is 0 Å². The lowest BCUT2D eigenvalue weighted by Gasteiger charge is -2.23. The molecule has 7 heteroatoms. The van der Waals surface area contributed by atoms with Gasteiger partial charge in [0.05, 0.1) is 10.3 Å². The first-order valence-electron chi connectivity index (χ1n) is 7.63. The van der Waals surface area contributed by atoms with Crippen molar-refractivity contribution in [2.75, 3.05) is 13.1 Å². The number of benzene rings is 1. The highest BCUT2D eigenvalue weighted by Crippen LogP contribution is 2.49. The lowest BCUT2D eigenvalue weighted by molar-refractivity contribution is -0.385. The van der Waals surface area contributed by atoms with Crippen molar-refractivity contribution < 1.29 is 14.8 Å². The summed E-state index contributed by atoms with van der Waals surface area (Å²) in [6.07, 6.45) is 2.70. The normalized spacial score (nSPS) is 26.6. The Labute approximate surface area is 141 Å². The summed E-state index contributed by atoms with van der Waals surface area (Å²) in [6, 6.07) is 5.10. The smallest absolute Gasteiger partial charge is 0.311 e. The summed E-state index contributed by atoms with van der Waals surface area (Å²) in [5, 5.41) is 20.6. The number of carbonyl (C=O) groups is 1. The predicted molar refractivity (Wildman–Crippen MR) is 87.8 cm³/mol. The second kappa shape index (κ2) is 6.45. The fourth-order valence-electron chi connectivity index (χ4n) is 4.14. The maximum Gasteiger partial charge on any atom is 0.311 e. The van der Waals surface area contributed by atoms with Crippen LogP contribution in [0.4, 0.5) is 5.69 Å². The molecule has 1 saturated heterocycles. The van der Waals surface area contributed by atoms with Gasteiger partial charge in [0, 0.05) is 31.3 Å². The number of rotatable bonds is 4. The van der Waals surface area contributed by atoms with Gasteiger partial charge in [-0.2, -0.15) is 0 Å². The Bertz CT molecular complexity index is 637. The van der Waals surface area contributed by atoms with Crippen molar-refractivity contribution in [1.29, 1.82) is 0 Å². The molecular formula is C16H21ClN2O4. The fourth-order valence-corrected chi connectivity index (χ4v) is 4.14. The van der Waals surface area contributed by atoms with Crippen molar-refractivity contribution in [3.05, 3.63) is 39.4 Å². The minimum absolute atomic E-state index is 0. The number of nitrogens with zero attached hydrogens (tertiary/aromatic N) is 2. The number of hydrogen-bond donors (Lipinski definition) is 1. The number of aliphatic carboxylic acids is 1. The van der Waals surface area contributed by atoms with Gasteiger partial charge >= 0.3 is 5.97 Å². The summed E-state index contributed by atoms with van der Waals surface area (Å²) in [7, 11) is 0. The molecule has 0 amide bonds. The van der Waals surface area contributed by atoms with E-state index in [1.807, 2.05) is 6.07 Å². The van der Waals surface area contributed by atoms with Crippen LogP contribution in [-0.2, 0) is 11.3 Å². The molecule has 126 valence electrons. The van der Waals surface area contributed by atoms with Crippen molar-refractivity contribution in [2.24, 2.45) is 11.3 Å². The van der Waals surface area contributed by atoms with Crippen molar-refractivity contribution in [2.45, 2.75) is 32.7 Å². The Balaban J connectivity index is 0.00000192. The van der Waals surface area contributed by atoms with Gasteiger partial charge in [-0.1, -0.05) is 18.6 Å². The summed E-state index contributed by atoms with van der Waals surface area (Å²) in [5.41, 5.74) is 1.11. The van der Waals surface area contributed by atoms with E-state index in [-0.39, 0.29) is 28.9 Å². The van der Waals surface area contributed by atoms with Gasteiger partial charge in [0.15, 0.2) is 0 Å². The first-order valence-corrected chi connectivity index (χ1v) is 7.63. The van der Waals surface area contributed by atoms with Gasteiger partial charge in [0.2, 0.25) is 0 Å². The van der Waals surface area contributed by atoms with Crippen LogP contribution in [0.25, 0.3) is 0 Å². The maximum absolute atomic E-state index is 11.7. The van der Waals surface area contributed by atoms with Gasteiger partial charge in [-0.25, -0.2) is 0 Å². The monoisotopic (exact) mass is 340 g/mol. The van der Waals surface area contributed by atoms with E-state index in [1.165, 1.54) is 6.07 Å². The number of fused-ring (bicyclic) bond motifs is 1. The number of hydrogen-bond acceptors (Lipinski definition) is 4. The van der Waals surface area contributed by atoms with Crippen LogP contribution in [0.3, 0.4) is 0 Å². The molecule has 1 N–H and O–H groups in total. The molecule has 2 aliphatic rings. The quantitative estimate of drug-likeness (QED) is 0.672. The second-order valence-corrected chi connectivity index (χ2v) is 6.54. The molecule has 1 aliphatic carbocycles. The third kappa shape index (κ3) is 2.93. The predicted octanol–water partition coefficient (Wildman–Crippen LogP) is 3.01. The van der Waals surface area contributed by atoms with Gasteiger partial charge < -0.3 is 5.11 Å². The van der Waals surface area contributed by atoms with Crippen LogP contribution in [0.2, 0.25) is 0 Å². The fraction of sp³-hybridized carbons (Fsp3) is 0.562. The maximum atomic E-state index is 11.7. The first kappa shape index (κ1) is 17.7. The van der Waals surface area contributed by atoms with E-state index < -0.39 is 11.4 Å². The highest BCUT2D eigenvalue weighted by atomic mass is 35.5. The number of carboxylic acids is 1. The molecule has 2 fully saturated rings. The van der Waals surface area contributed by atoms with Crippen LogP contribution in [0.5, 0.6) is 0 Å². The number of carboxylic acid groups (broad SMARTS) is 1. The van der Waals surface area contributed by atoms with Crippen LogP contribution in [0, 0.1) is 28.4 Å². The molecule has 1 aromatic carbocycles. The Morgan fingerprint density at radius 3 is 2.87 bits per heavy atom. The Morgan fingerprint density at radius 1 is 1.52 bits per heavy atom. The molecule has 3 rings (SSSR count). The molecule has 0 radical (unpaired) electrons. The van der Waals surface area contributed by atoms with E-state index in [9.17, 15) is 20.0 Å². The average molecular weight is 341 g/mol. The van der Waals surface area contributed by atoms with Gasteiger partial charge in [-0.15, -0.1) is 12.4 Å². The van der Waals surface area contributed by atoms with E-state index in [4.69, 9.17) is 0 Å². The number of halogens is 1. The number of likely N-dealkylation sites (tertiary alicyclic amines) is 1. The lowest BCUT2D eigenvalue weighted by Crippen LogP contribution is -2.35. The standard InChI is InChI=1S/C16H20N2O4.ClH/c1-11-12(4-2-6-14(11)18(21)22)8-17-9-13-5-3-7-16(13,10-17)15(19)20;/h2,4,6,13H,3,5,7-10H2,1H3,(H,19,20);1H/t13-,16+;/m0./s1. The topological polar surface area (TPSA) is 83.7 Å². The molecule has 1 saturated carbocycles. The van der Waals surface area contributed by atoms with Crippen molar-refractivity contribution in [1.82, 2.24) is 4.90 Å². The van der Waals surface area contributed by atoms with E-state index >= 15 is 0 Å². The summed E-state index contributed by atoms with van der Waals surface area (Å²) in [4.78, 5) is 24.5. The highest BCUT2D eigenvalue weighted by molar-refractivity contribution is 5.85. The minimum atomic E-state index is -0.687. The molecule has 1 heterocycles. The van der Waals surface area contributed by atoms with Gasteiger partial charge in [-0.3, -0.25) is 19.8 Å². The zero-order chi connectivity index (χ0) is 15.9. The largest absolute Gasteiger partial charge is 0.481 e. The summed E-state index contributed by atoms with van der Waals surface area (Å²) in [5.74, 6) is -0.475. The van der Waals surface area contributed by atoms with Crippen LogP contribution in [-0.4, -0.2) is 34.0 Å². The minimum Gasteiger partial charge on any atom is -0.481 e. The third-order valence-electron chi connectivity index (χ3n) is 5.38. The Kier molecular flexibility index (Phi) is 4.96. The van der Waals surface area contributed by atoms with Gasteiger partial charge in [-0.05, 0) is 31.2 Å². The van der Waals surface area contributed by atoms with Crippen LogP contribution in [0.15, 0.2) is 18.2 Å². The zero-order valence-corrected chi connectivity index (χ0v) is 13.8. The van der Waals surface area contributed by atoms with E-state index in [0.717, 1.165) is 31.4 Å². The zero-order valence-electron chi connectivity index (χ0n) is 13.0. The van der Waals surface area contributed by atoms with Crippen molar-refractivity contribution >= 4 is 24.1 Å². The molecule has 0 bridgehead atoms. The van der Waals surface area contributed by atoms with Crippen LogP contribution in [0.1, 0.15) is 30.4 Å². The molecule has 6 nitrogen and oxygen atoms in total.